The number of allylic oxidation sites excluding steroid dienone is 1. The number of nitrogens with two attached hydrogens (primary N) is 1. The summed E-state index contributed by atoms with van der Waals surface area (Å²) in [5.74, 6) is 2.00. The van der Waals surface area contributed by atoms with Gasteiger partial charge < -0.3 is 15.8 Å². The number of benzene rings is 2. The SMILES string of the molecule is N#C/C(=C\C1CC1)C(=O)N[C@H]1CC[C@@H](n2nc(-c3ccc(Oc4ccccc4)cc3)c3c(N)ncnc32)CC1. The van der Waals surface area contributed by atoms with Gasteiger partial charge in [0.15, 0.2) is 5.65 Å². The van der Waals surface area contributed by atoms with Crippen molar-refractivity contribution in [3.63, 3.8) is 0 Å². The fourth-order valence-electron chi connectivity index (χ4n) is 5.15. The number of carbonyl (C=O) groups excluding carboxylic acids is 1. The molecule has 196 valence electrons. The van der Waals surface area contributed by atoms with Crippen LogP contribution >= 0.6 is 0 Å². The predicted octanol–water partition coefficient (Wildman–Crippen LogP) is 5.33. The van der Waals surface area contributed by atoms with E-state index in [1.807, 2.05) is 65.4 Å². The van der Waals surface area contributed by atoms with Crippen LogP contribution in [0.3, 0.4) is 0 Å². The molecule has 0 saturated heterocycles. The molecule has 0 spiro atoms. The molecule has 9 nitrogen and oxygen atoms in total. The van der Waals surface area contributed by atoms with E-state index in [2.05, 4.69) is 21.4 Å². The van der Waals surface area contributed by atoms with Crippen molar-refractivity contribution in [1.29, 1.82) is 5.26 Å². The highest BCUT2D eigenvalue weighted by molar-refractivity contribution is 5.98. The summed E-state index contributed by atoms with van der Waals surface area (Å²) in [6.45, 7) is 0. The number of rotatable bonds is 7. The van der Waals surface area contributed by atoms with Crippen molar-refractivity contribution < 1.29 is 9.53 Å². The predicted molar refractivity (Wildman–Crippen MR) is 148 cm³/mol. The van der Waals surface area contributed by atoms with E-state index in [-0.39, 0.29) is 23.6 Å². The van der Waals surface area contributed by atoms with E-state index >= 15 is 0 Å². The molecule has 0 atom stereocenters. The zero-order valence-corrected chi connectivity index (χ0v) is 21.5. The van der Waals surface area contributed by atoms with Crippen molar-refractivity contribution in [2.45, 2.75) is 50.6 Å². The Hall–Kier alpha value is -4.71. The third kappa shape index (κ3) is 5.32. The van der Waals surface area contributed by atoms with Gasteiger partial charge in [0.25, 0.3) is 5.91 Å². The molecule has 0 unspecified atom stereocenters. The summed E-state index contributed by atoms with van der Waals surface area (Å²) in [5.41, 5.74) is 8.88. The highest BCUT2D eigenvalue weighted by Gasteiger charge is 2.29. The van der Waals surface area contributed by atoms with Crippen molar-refractivity contribution in [1.82, 2.24) is 25.1 Å². The molecule has 9 heteroatoms. The van der Waals surface area contributed by atoms with Gasteiger partial charge in [-0.05, 0) is 80.8 Å². The lowest BCUT2D eigenvalue weighted by atomic mass is 9.91. The fourth-order valence-corrected chi connectivity index (χ4v) is 5.15. The standard InChI is InChI=1S/C30H29N7O2/c31-17-21(16-19-6-7-19)30(38)35-22-10-12-23(13-11-22)37-29-26(28(32)33-18-34-29)27(36-37)20-8-14-25(15-9-20)39-24-4-2-1-3-5-24/h1-5,8-9,14-16,18-19,22-23H,6-7,10-13H2,(H,35,38)(H2,32,33,34)/b21-16+/t22-,23+. The number of nitrogens with one attached hydrogen (secondary N) is 1. The first kappa shape index (κ1) is 24.6. The van der Waals surface area contributed by atoms with Crippen molar-refractivity contribution in [2.24, 2.45) is 5.92 Å². The van der Waals surface area contributed by atoms with Gasteiger partial charge >= 0.3 is 0 Å². The first-order valence-electron chi connectivity index (χ1n) is 13.3. The van der Waals surface area contributed by atoms with E-state index in [1.54, 1.807) is 0 Å². The van der Waals surface area contributed by atoms with Crippen LogP contribution in [0.4, 0.5) is 5.82 Å². The molecule has 2 saturated carbocycles. The molecular formula is C30H29N7O2. The van der Waals surface area contributed by atoms with Gasteiger partial charge in [0.05, 0.1) is 11.4 Å². The van der Waals surface area contributed by atoms with Crippen LogP contribution in [-0.4, -0.2) is 31.7 Å². The van der Waals surface area contributed by atoms with Crippen LogP contribution in [0.25, 0.3) is 22.3 Å². The Morgan fingerprint density at radius 1 is 1.00 bits per heavy atom. The Kier molecular flexibility index (Phi) is 6.68. The first-order valence-corrected chi connectivity index (χ1v) is 13.3. The number of amides is 1. The number of fused-ring (bicyclic) bond motifs is 1. The largest absolute Gasteiger partial charge is 0.457 e. The van der Waals surface area contributed by atoms with Gasteiger partial charge in [-0.15, -0.1) is 0 Å². The van der Waals surface area contributed by atoms with E-state index in [9.17, 15) is 10.1 Å². The van der Waals surface area contributed by atoms with Crippen LogP contribution in [0, 0.1) is 17.2 Å². The van der Waals surface area contributed by atoms with Crippen molar-refractivity contribution in [3.8, 4) is 28.8 Å². The van der Waals surface area contributed by atoms with Crippen molar-refractivity contribution >= 4 is 22.8 Å². The van der Waals surface area contributed by atoms with Crippen LogP contribution in [-0.2, 0) is 4.79 Å². The summed E-state index contributed by atoms with van der Waals surface area (Å²) in [6.07, 6.45) is 8.63. The Balaban J connectivity index is 1.19. The monoisotopic (exact) mass is 519 g/mol. The van der Waals surface area contributed by atoms with Gasteiger partial charge in [0, 0.05) is 11.6 Å². The van der Waals surface area contributed by atoms with Crippen molar-refractivity contribution in [3.05, 3.63) is 72.6 Å². The van der Waals surface area contributed by atoms with E-state index in [4.69, 9.17) is 15.6 Å². The maximum absolute atomic E-state index is 12.6. The normalized spacial score (nSPS) is 19.4. The van der Waals surface area contributed by atoms with Crippen LogP contribution in [0.5, 0.6) is 11.5 Å². The topological polar surface area (TPSA) is 132 Å². The molecule has 39 heavy (non-hydrogen) atoms. The molecule has 1 amide bonds. The third-order valence-electron chi connectivity index (χ3n) is 7.39. The van der Waals surface area contributed by atoms with Crippen LogP contribution in [0.1, 0.15) is 44.6 Å². The van der Waals surface area contributed by atoms with Gasteiger partial charge in [0.2, 0.25) is 0 Å². The minimum Gasteiger partial charge on any atom is -0.457 e. The molecule has 2 fully saturated rings. The molecule has 2 aromatic heterocycles. The minimum absolute atomic E-state index is 0.0304. The molecule has 2 heterocycles. The number of aromatic nitrogens is 4. The number of ether oxygens (including phenoxy) is 1. The first-order chi connectivity index (χ1) is 19.1. The average Bonchev–Trinajstić information content (AvgIpc) is 3.70. The molecule has 0 aliphatic heterocycles. The van der Waals surface area contributed by atoms with Crippen molar-refractivity contribution in [2.75, 3.05) is 5.73 Å². The van der Waals surface area contributed by atoms with E-state index < -0.39 is 0 Å². The average molecular weight is 520 g/mol. The fraction of sp³-hybridized carbons (Fsp3) is 0.300. The Labute approximate surface area is 226 Å². The summed E-state index contributed by atoms with van der Waals surface area (Å²) >= 11 is 0. The highest BCUT2D eigenvalue weighted by Crippen LogP contribution is 2.37. The number of hydrogen-bond donors (Lipinski definition) is 2. The lowest BCUT2D eigenvalue weighted by Gasteiger charge is -2.29. The number of nitriles is 1. The number of para-hydroxylation sites is 1. The Bertz CT molecular complexity index is 1560. The van der Waals surface area contributed by atoms with Gasteiger partial charge in [-0.25, -0.2) is 14.6 Å². The quantitative estimate of drug-likeness (QED) is 0.249. The zero-order chi connectivity index (χ0) is 26.8. The summed E-state index contributed by atoms with van der Waals surface area (Å²) in [7, 11) is 0. The second-order valence-electron chi connectivity index (χ2n) is 10.2. The summed E-state index contributed by atoms with van der Waals surface area (Å²) in [4.78, 5) is 21.4. The molecule has 6 rings (SSSR count). The van der Waals surface area contributed by atoms with Gasteiger partial charge in [-0.2, -0.15) is 10.4 Å². The lowest BCUT2D eigenvalue weighted by Crippen LogP contribution is -2.38. The summed E-state index contributed by atoms with van der Waals surface area (Å²) in [6, 6.07) is 19.6. The molecule has 2 aliphatic carbocycles. The van der Waals surface area contributed by atoms with Gasteiger partial charge in [0.1, 0.15) is 41.0 Å². The molecule has 4 aromatic rings. The van der Waals surface area contributed by atoms with E-state index in [0.717, 1.165) is 66.7 Å². The molecule has 0 bridgehead atoms. The van der Waals surface area contributed by atoms with E-state index in [0.29, 0.717) is 17.4 Å². The molecule has 2 aliphatic rings. The number of carbonyl (C=O) groups is 1. The second-order valence-corrected chi connectivity index (χ2v) is 10.2. The molecule has 2 aromatic carbocycles. The van der Waals surface area contributed by atoms with Gasteiger partial charge in [-0.3, -0.25) is 4.79 Å². The Morgan fingerprint density at radius 2 is 1.72 bits per heavy atom. The van der Waals surface area contributed by atoms with E-state index in [1.165, 1.54) is 6.33 Å². The highest BCUT2D eigenvalue weighted by atomic mass is 16.5. The number of hydrogen-bond acceptors (Lipinski definition) is 7. The second kappa shape index (κ2) is 10.6. The molecule has 3 N–H and O–H groups in total. The number of anilines is 1. The maximum atomic E-state index is 12.6. The van der Waals surface area contributed by atoms with Crippen LogP contribution in [0.2, 0.25) is 0 Å². The van der Waals surface area contributed by atoms with Crippen LogP contribution < -0.4 is 15.8 Å². The number of nitrogens with zero attached hydrogens (tertiary/aromatic N) is 5. The minimum atomic E-state index is -0.264. The summed E-state index contributed by atoms with van der Waals surface area (Å²) < 4.78 is 7.90. The Morgan fingerprint density at radius 3 is 2.41 bits per heavy atom. The third-order valence-corrected chi connectivity index (χ3v) is 7.39. The number of nitrogen functional groups attached to an aromatic ring is 1. The van der Waals surface area contributed by atoms with Crippen LogP contribution in [0.15, 0.2) is 72.6 Å². The molecule has 0 radical (unpaired) electrons. The lowest BCUT2D eigenvalue weighted by molar-refractivity contribution is -0.118. The molecular weight excluding hydrogens is 490 g/mol. The maximum Gasteiger partial charge on any atom is 0.261 e. The van der Waals surface area contributed by atoms with Gasteiger partial charge in [-0.1, -0.05) is 24.3 Å². The zero-order valence-electron chi connectivity index (χ0n) is 21.5. The summed E-state index contributed by atoms with van der Waals surface area (Å²) in [5, 5.41) is 18.1. The smallest absolute Gasteiger partial charge is 0.261 e.